The van der Waals surface area contributed by atoms with Crippen molar-refractivity contribution in [2.45, 2.75) is 19.0 Å². The van der Waals surface area contributed by atoms with Gasteiger partial charge in [-0.25, -0.2) is 0 Å². The van der Waals surface area contributed by atoms with Crippen molar-refractivity contribution in [3.63, 3.8) is 0 Å². The number of halogens is 2. The van der Waals surface area contributed by atoms with E-state index in [1.54, 1.807) is 11.9 Å². The maximum atomic E-state index is 13.3. The molecular formula is C25H24BrIN2O3. The van der Waals surface area contributed by atoms with Crippen molar-refractivity contribution >= 4 is 50.3 Å². The lowest BCUT2D eigenvalue weighted by Gasteiger charge is -2.31. The molecule has 1 unspecified atom stereocenters. The molecule has 3 aromatic carbocycles. The fourth-order valence-electron chi connectivity index (χ4n) is 3.31. The quantitative estimate of drug-likeness (QED) is 0.356. The molecule has 3 aromatic rings. The summed E-state index contributed by atoms with van der Waals surface area (Å²) in [5.41, 5.74) is 1.90. The third-order valence-corrected chi connectivity index (χ3v) is 6.15. The number of nitrogens with zero attached hydrogens (tertiary/aromatic N) is 1. The van der Waals surface area contributed by atoms with Gasteiger partial charge < -0.3 is 15.0 Å². The molecule has 1 atom stereocenters. The number of nitrogens with one attached hydrogen (secondary N) is 1. The van der Waals surface area contributed by atoms with E-state index in [0.29, 0.717) is 18.7 Å². The monoisotopic (exact) mass is 606 g/mol. The Balaban J connectivity index is 1.86. The second kappa shape index (κ2) is 12.0. The zero-order valence-corrected chi connectivity index (χ0v) is 21.4. The Labute approximate surface area is 210 Å². The van der Waals surface area contributed by atoms with E-state index in [1.807, 2.05) is 78.9 Å². The SMILES string of the molecule is CNC(=O)C(Cc1ccccc1)N(Cc1cccc(Br)c1)C(=O)COc1ccc(I)cc1. The average molecular weight is 607 g/mol. The fourth-order valence-corrected chi connectivity index (χ4v) is 4.12. The van der Waals surface area contributed by atoms with E-state index in [1.165, 1.54) is 0 Å². The molecule has 0 aliphatic rings. The van der Waals surface area contributed by atoms with Crippen LogP contribution in [0.15, 0.2) is 83.3 Å². The van der Waals surface area contributed by atoms with Crippen LogP contribution in [0, 0.1) is 3.57 Å². The molecule has 0 aromatic heterocycles. The second-order valence-corrected chi connectivity index (χ2v) is 9.38. The summed E-state index contributed by atoms with van der Waals surface area (Å²) in [5.74, 6) is 0.139. The highest BCUT2D eigenvalue weighted by atomic mass is 127. The van der Waals surface area contributed by atoms with Crippen LogP contribution in [0.2, 0.25) is 0 Å². The number of carbonyl (C=O) groups excluding carboxylic acids is 2. The second-order valence-electron chi connectivity index (χ2n) is 7.21. The van der Waals surface area contributed by atoms with Crippen LogP contribution in [0.3, 0.4) is 0 Å². The van der Waals surface area contributed by atoms with Crippen molar-refractivity contribution < 1.29 is 14.3 Å². The maximum absolute atomic E-state index is 13.3. The minimum atomic E-state index is -0.672. The summed E-state index contributed by atoms with van der Waals surface area (Å²) >= 11 is 5.70. The molecule has 7 heteroatoms. The largest absolute Gasteiger partial charge is 0.484 e. The number of likely N-dealkylation sites (N-methyl/N-ethyl adjacent to an activating group) is 1. The summed E-state index contributed by atoms with van der Waals surface area (Å²) in [4.78, 5) is 27.8. The van der Waals surface area contributed by atoms with Gasteiger partial charge >= 0.3 is 0 Å². The van der Waals surface area contributed by atoms with Crippen molar-refractivity contribution in [3.05, 3.63) is 98.0 Å². The number of carbonyl (C=O) groups is 2. The Morgan fingerprint density at radius 3 is 2.34 bits per heavy atom. The summed E-state index contributed by atoms with van der Waals surface area (Å²) in [7, 11) is 1.59. The van der Waals surface area contributed by atoms with Gasteiger partial charge in [0.2, 0.25) is 5.91 Å². The molecule has 0 bridgehead atoms. The van der Waals surface area contributed by atoms with Gasteiger partial charge in [0, 0.05) is 28.1 Å². The molecule has 0 saturated heterocycles. The first-order valence-electron chi connectivity index (χ1n) is 10.1. The molecule has 0 radical (unpaired) electrons. The van der Waals surface area contributed by atoms with Gasteiger partial charge in [0.1, 0.15) is 11.8 Å². The predicted octanol–water partition coefficient (Wildman–Crippen LogP) is 4.82. The lowest BCUT2D eigenvalue weighted by Crippen LogP contribution is -2.51. The Morgan fingerprint density at radius 1 is 1.00 bits per heavy atom. The summed E-state index contributed by atoms with van der Waals surface area (Å²) in [6.45, 7) is 0.135. The highest BCUT2D eigenvalue weighted by Gasteiger charge is 2.30. The Hall–Kier alpha value is -2.39. The molecule has 0 aliphatic carbocycles. The van der Waals surface area contributed by atoms with Crippen LogP contribution in [-0.2, 0) is 22.6 Å². The first kappa shape index (κ1) is 24.3. The molecule has 2 amide bonds. The lowest BCUT2D eigenvalue weighted by molar-refractivity contribution is -0.142. The minimum Gasteiger partial charge on any atom is -0.484 e. The van der Waals surface area contributed by atoms with Crippen molar-refractivity contribution in [2.75, 3.05) is 13.7 Å². The van der Waals surface area contributed by atoms with E-state index in [-0.39, 0.29) is 18.4 Å². The van der Waals surface area contributed by atoms with E-state index in [0.717, 1.165) is 19.2 Å². The maximum Gasteiger partial charge on any atom is 0.261 e. The first-order valence-corrected chi connectivity index (χ1v) is 12.0. The first-order chi connectivity index (χ1) is 15.5. The Kier molecular flexibility index (Phi) is 9.11. The molecule has 3 rings (SSSR count). The van der Waals surface area contributed by atoms with Gasteiger partial charge in [-0.3, -0.25) is 9.59 Å². The van der Waals surface area contributed by atoms with E-state index < -0.39 is 6.04 Å². The van der Waals surface area contributed by atoms with Crippen molar-refractivity contribution in [3.8, 4) is 5.75 Å². The van der Waals surface area contributed by atoms with Gasteiger partial charge in [-0.05, 0) is 70.1 Å². The average Bonchev–Trinajstić information content (AvgIpc) is 2.81. The molecule has 5 nitrogen and oxygen atoms in total. The molecule has 0 heterocycles. The number of rotatable bonds is 9. The standard InChI is InChI=1S/C25H24BrIN2O3/c1-28-25(31)23(15-18-6-3-2-4-7-18)29(16-19-8-5-9-20(26)14-19)24(30)17-32-22-12-10-21(27)11-13-22/h2-14,23H,15-17H2,1H3,(H,28,31). The molecule has 0 aliphatic heterocycles. The molecule has 166 valence electrons. The van der Waals surface area contributed by atoms with E-state index >= 15 is 0 Å². The van der Waals surface area contributed by atoms with Crippen LogP contribution in [-0.4, -0.2) is 36.4 Å². The summed E-state index contributed by atoms with van der Waals surface area (Å²) in [6, 6.07) is 24.2. The third kappa shape index (κ3) is 7.06. The minimum absolute atomic E-state index is 0.156. The Morgan fingerprint density at radius 2 is 1.69 bits per heavy atom. The van der Waals surface area contributed by atoms with Gasteiger partial charge in [0.15, 0.2) is 6.61 Å². The third-order valence-electron chi connectivity index (χ3n) is 4.94. The number of amides is 2. The normalized spacial score (nSPS) is 11.5. The van der Waals surface area contributed by atoms with Crippen molar-refractivity contribution in [1.82, 2.24) is 10.2 Å². The highest BCUT2D eigenvalue weighted by molar-refractivity contribution is 14.1. The molecule has 0 fully saturated rings. The summed E-state index contributed by atoms with van der Waals surface area (Å²) in [6.07, 6.45) is 0.407. The molecule has 0 spiro atoms. The number of hydrogen-bond acceptors (Lipinski definition) is 3. The predicted molar refractivity (Wildman–Crippen MR) is 137 cm³/mol. The topological polar surface area (TPSA) is 58.6 Å². The number of benzene rings is 3. The van der Waals surface area contributed by atoms with Crippen LogP contribution in [0.25, 0.3) is 0 Å². The molecule has 32 heavy (non-hydrogen) atoms. The summed E-state index contributed by atoms with van der Waals surface area (Å²) in [5, 5.41) is 2.71. The van der Waals surface area contributed by atoms with E-state index in [9.17, 15) is 9.59 Å². The van der Waals surface area contributed by atoms with Crippen LogP contribution >= 0.6 is 38.5 Å². The zero-order valence-electron chi connectivity index (χ0n) is 17.6. The van der Waals surface area contributed by atoms with Gasteiger partial charge in [-0.1, -0.05) is 58.4 Å². The van der Waals surface area contributed by atoms with Gasteiger partial charge in [0.05, 0.1) is 0 Å². The van der Waals surface area contributed by atoms with Crippen LogP contribution < -0.4 is 10.1 Å². The van der Waals surface area contributed by atoms with E-state index in [2.05, 4.69) is 43.8 Å². The molecule has 0 saturated carbocycles. The van der Waals surface area contributed by atoms with Crippen molar-refractivity contribution in [2.24, 2.45) is 0 Å². The van der Waals surface area contributed by atoms with Crippen LogP contribution in [0.1, 0.15) is 11.1 Å². The van der Waals surface area contributed by atoms with E-state index in [4.69, 9.17) is 4.74 Å². The van der Waals surface area contributed by atoms with Gasteiger partial charge in [0.25, 0.3) is 5.91 Å². The van der Waals surface area contributed by atoms with Crippen LogP contribution in [0.5, 0.6) is 5.75 Å². The number of hydrogen-bond donors (Lipinski definition) is 1. The zero-order chi connectivity index (χ0) is 22.9. The van der Waals surface area contributed by atoms with Gasteiger partial charge in [-0.15, -0.1) is 0 Å². The van der Waals surface area contributed by atoms with Gasteiger partial charge in [-0.2, -0.15) is 0 Å². The Bertz CT molecular complexity index is 1040. The molecular weight excluding hydrogens is 583 g/mol. The van der Waals surface area contributed by atoms with Crippen LogP contribution in [0.4, 0.5) is 0 Å². The van der Waals surface area contributed by atoms with Crippen molar-refractivity contribution in [1.29, 1.82) is 0 Å². The molecule has 1 N–H and O–H groups in total. The smallest absolute Gasteiger partial charge is 0.261 e. The summed E-state index contributed by atoms with van der Waals surface area (Å²) < 4.78 is 7.74. The highest BCUT2D eigenvalue weighted by Crippen LogP contribution is 2.19. The number of ether oxygens (including phenoxy) is 1. The fraction of sp³-hybridized carbons (Fsp3) is 0.200. The lowest BCUT2D eigenvalue weighted by atomic mass is 10.0.